The van der Waals surface area contributed by atoms with E-state index in [1.165, 1.54) is 0 Å². The van der Waals surface area contributed by atoms with E-state index >= 15 is 0 Å². The summed E-state index contributed by atoms with van der Waals surface area (Å²) >= 11 is 0. The lowest BCUT2D eigenvalue weighted by atomic mass is 10.1. The van der Waals surface area contributed by atoms with E-state index in [0.29, 0.717) is 6.54 Å². The third-order valence-electron chi connectivity index (χ3n) is 1.80. The highest BCUT2D eigenvalue weighted by molar-refractivity contribution is 5.76. The average molecular weight is 189 g/mol. The predicted octanol–water partition coefficient (Wildman–Crippen LogP) is 0.0377. The van der Waals surface area contributed by atoms with Crippen LogP contribution >= 0.6 is 0 Å². The summed E-state index contributed by atoms with van der Waals surface area (Å²) in [5.41, 5.74) is 0. The van der Waals surface area contributed by atoms with Crippen LogP contribution in [-0.4, -0.2) is 35.9 Å². The Morgan fingerprint density at radius 3 is 2.23 bits per heavy atom. The molecule has 0 saturated heterocycles. The SMILES string of the molecule is O=C(CO)NCCCCCCCO. The average Bonchev–Trinajstić information content (AvgIpc) is 2.16. The highest BCUT2D eigenvalue weighted by atomic mass is 16.3. The summed E-state index contributed by atoms with van der Waals surface area (Å²) in [6.45, 7) is 0.476. The standard InChI is InChI=1S/C9H19NO3/c11-7-5-3-1-2-4-6-10-9(13)8-12/h11-12H,1-8H2,(H,10,13). The molecule has 13 heavy (non-hydrogen) atoms. The van der Waals surface area contributed by atoms with Gasteiger partial charge in [-0.3, -0.25) is 4.79 Å². The quantitative estimate of drug-likeness (QED) is 0.472. The van der Waals surface area contributed by atoms with Gasteiger partial charge < -0.3 is 15.5 Å². The van der Waals surface area contributed by atoms with Gasteiger partial charge in [-0.1, -0.05) is 19.3 Å². The number of carbonyl (C=O) groups excluding carboxylic acids is 1. The Hall–Kier alpha value is -0.610. The molecule has 0 fully saturated rings. The third kappa shape index (κ3) is 9.30. The zero-order valence-corrected chi connectivity index (χ0v) is 7.96. The van der Waals surface area contributed by atoms with Crippen LogP contribution in [0.1, 0.15) is 32.1 Å². The maximum absolute atomic E-state index is 10.6. The van der Waals surface area contributed by atoms with Gasteiger partial charge in [-0.05, 0) is 12.8 Å². The van der Waals surface area contributed by atoms with E-state index in [1.807, 2.05) is 0 Å². The van der Waals surface area contributed by atoms with Crippen molar-refractivity contribution in [3.63, 3.8) is 0 Å². The first kappa shape index (κ1) is 12.4. The summed E-state index contributed by atoms with van der Waals surface area (Å²) in [6, 6.07) is 0. The van der Waals surface area contributed by atoms with E-state index in [2.05, 4.69) is 5.32 Å². The molecule has 0 heterocycles. The van der Waals surface area contributed by atoms with Gasteiger partial charge in [0.05, 0.1) is 0 Å². The topological polar surface area (TPSA) is 69.6 Å². The molecule has 4 heteroatoms. The first-order valence-corrected chi connectivity index (χ1v) is 4.79. The summed E-state index contributed by atoms with van der Waals surface area (Å²) in [5, 5.41) is 19.4. The molecular weight excluding hydrogens is 170 g/mol. The van der Waals surface area contributed by atoms with E-state index in [0.717, 1.165) is 32.1 Å². The van der Waals surface area contributed by atoms with Gasteiger partial charge in [0.15, 0.2) is 0 Å². The smallest absolute Gasteiger partial charge is 0.245 e. The van der Waals surface area contributed by atoms with Crippen molar-refractivity contribution >= 4 is 5.91 Å². The van der Waals surface area contributed by atoms with E-state index in [4.69, 9.17) is 10.2 Å². The lowest BCUT2D eigenvalue weighted by Gasteiger charge is -2.02. The molecule has 1 amide bonds. The molecule has 0 aromatic carbocycles. The van der Waals surface area contributed by atoms with E-state index in [-0.39, 0.29) is 12.5 Å². The molecule has 0 atom stereocenters. The molecule has 0 aliphatic heterocycles. The van der Waals surface area contributed by atoms with Gasteiger partial charge in [0.2, 0.25) is 5.91 Å². The molecule has 78 valence electrons. The molecule has 4 nitrogen and oxygen atoms in total. The Labute approximate surface area is 79.0 Å². The highest BCUT2D eigenvalue weighted by Crippen LogP contribution is 2.01. The van der Waals surface area contributed by atoms with Crippen LogP contribution in [0.3, 0.4) is 0 Å². The molecule has 3 N–H and O–H groups in total. The van der Waals surface area contributed by atoms with Crippen LogP contribution in [0.15, 0.2) is 0 Å². The van der Waals surface area contributed by atoms with Crippen LogP contribution in [-0.2, 0) is 4.79 Å². The van der Waals surface area contributed by atoms with Gasteiger partial charge in [0, 0.05) is 13.2 Å². The number of hydrogen-bond acceptors (Lipinski definition) is 3. The minimum Gasteiger partial charge on any atom is -0.396 e. The van der Waals surface area contributed by atoms with Crippen LogP contribution in [0.4, 0.5) is 0 Å². The fraction of sp³-hybridized carbons (Fsp3) is 0.889. The maximum atomic E-state index is 10.6. The monoisotopic (exact) mass is 189 g/mol. The lowest BCUT2D eigenvalue weighted by molar-refractivity contribution is -0.123. The molecule has 0 radical (unpaired) electrons. The number of amides is 1. The number of aliphatic hydroxyl groups excluding tert-OH is 2. The predicted molar refractivity (Wildman–Crippen MR) is 50.3 cm³/mol. The number of nitrogens with one attached hydrogen (secondary N) is 1. The van der Waals surface area contributed by atoms with Crippen LogP contribution in [0.25, 0.3) is 0 Å². The van der Waals surface area contributed by atoms with E-state index in [9.17, 15) is 4.79 Å². The minimum atomic E-state index is -0.426. The van der Waals surface area contributed by atoms with Crippen LogP contribution in [0.5, 0.6) is 0 Å². The zero-order chi connectivity index (χ0) is 9.94. The molecule has 0 saturated carbocycles. The second-order valence-electron chi connectivity index (χ2n) is 3.00. The van der Waals surface area contributed by atoms with Crippen molar-refractivity contribution in [2.24, 2.45) is 0 Å². The molecule has 0 aromatic heterocycles. The van der Waals surface area contributed by atoms with Crippen molar-refractivity contribution in [2.75, 3.05) is 19.8 Å². The number of carbonyl (C=O) groups is 1. The number of rotatable bonds is 8. The molecule has 0 unspecified atom stereocenters. The Kier molecular flexibility index (Phi) is 9.03. The Morgan fingerprint density at radius 2 is 1.62 bits per heavy atom. The number of unbranched alkanes of at least 4 members (excludes halogenated alkanes) is 4. The molecule has 0 spiro atoms. The third-order valence-corrected chi connectivity index (χ3v) is 1.80. The Balaban J connectivity index is 2.95. The van der Waals surface area contributed by atoms with Crippen molar-refractivity contribution in [1.82, 2.24) is 5.32 Å². The summed E-state index contributed by atoms with van der Waals surface area (Å²) in [5.74, 6) is -0.310. The summed E-state index contributed by atoms with van der Waals surface area (Å²) < 4.78 is 0. The maximum Gasteiger partial charge on any atom is 0.245 e. The molecule has 0 aromatic rings. The first-order valence-electron chi connectivity index (χ1n) is 4.79. The molecular formula is C9H19NO3. The molecule has 0 aliphatic rings. The van der Waals surface area contributed by atoms with E-state index in [1.54, 1.807) is 0 Å². The van der Waals surface area contributed by atoms with Gasteiger partial charge in [0.25, 0.3) is 0 Å². The first-order chi connectivity index (χ1) is 6.31. The lowest BCUT2D eigenvalue weighted by Crippen LogP contribution is -2.26. The van der Waals surface area contributed by atoms with Crippen molar-refractivity contribution < 1.29 is 15.0 Å². The van der Waals surface area contributed by atoms with Crippen molar-refractivity contribution in [3.05, 3.63) is 0 Å². The highest BCUT2D eigenvalue weighted by Gasteiger charge is 1.95. The Morgan fingerprint density at radius 1 is 1.00 bits per heavy atom. The van der Waals surface area contributed by atoms with Gasteiger partial charge in [0.1, 0.15) is 6.61 Å². The second kappa shape index (κ2) is 9.48. The van der Waals surface area contributed by atoms with Crippen LogP contribution in [0.2, 0.25) is 0 Å². The van der Waals surface area contributed by atoms with Crippen molar-refractivity contribution in [3.8, 4) is 0 Å². The van der Waals surface area contributed by atoms with Gasteiger partial charge in [-0.15, -0.1) is 0 Å². The fourth-order valence-electron chi connectivity index (χ4n) is 1.05. The zero-order valence-electron chi connectivity index (χ0n) is 7.96. The second-order valence-corrected chi connectivity index (χ2v) is 3.00. The Bertz CT molecular complexity index is 128. The number of hydrogen-bond donors (Lipinski definition) is 3. The number of aliphatic hydroxyl groups is 2. The van der Waals surface area contributed by atoms with Crippen molar-refractivity contribution in [1.29, 1.82) is 0 Å². The van der Waals surface area contributed by atoms with Crippen molar-refractivity contribution in [2.45, 2.75) is 32.1 Å². The van der Waals surface area contributed by atoms with E-state index < -0.39 is 6.61 Å². The van der Waals surface area contributed by atoms with Gasteiger partial charge in [-0.25, -0.2) is 0 Å². The van der Waals surface area contributed by atoms with Crippen LogP contribution in [0, 0.1) is 0 Å². The van der Waals surface area contributed by atoms with Gasteiger partial charge >= 0.3 is 0 Å². The molecule has 0 rings (SSSR count). The van der Waals surface area contributed by atoms with Gasteiger partial charge in [-0.2, -0.15) is 0 Å². The fourth-order valence-corrected chi connectivity index (χ4v) is 1.05. The summed E-state index contributed by atoms with van der Waals surface area (Å²) in [6.07, 6.45) is 5.01. The molecule has 0 bridgehead atoms. The molecule has 0 aliphatic carbocycles. The normalized spacial score (nSPS) is 10.0. The van der Waals surface area contributed by atoms with Crippen LogP contribution < -0.4 is 5.32 Å². The summed E-state index contributed by atoms with van der Waals surface area (Å²) in [4.78, 5) is 10.6. The largest absolute Gasteiger partial charge is 0.396 e. The minimum absolute atomic E-state index is 0.265. The summed E-state index contributed by atoms with van der Waals surface area (Å²) in [7, 11) is 0.